The van der Waals surface area contributed by atoms with Gasteiger partial charge in [0.25, 0.3) is 0 Å². The number of carbonyl (C=O) groups excluding carboxylic acids is 2. The van der Waals surface area contributed by atoms with Gasteiger partial charge in [-0.25, -0.2) is 0 Å². The molecule has 1 saturated heterocycles. The van der Waals surface area contributed by atoms with Crippen molar-refractivity contribution in [3.63, 3.8) is 0 Å². The third-order valence-electron chi connectivity index (χ3n) is 7.30. The van der Waals surface area contributed by atoms with Gasteiger partial charge in [-0.1, -0.05) is 41.5 Å². The van der Waals surface area contributed by atoms with Crippen LogP contribution in [0.5, 0.6) is 0 Å². The van der Waals surface area contributed by atoms with E-state index in [2.05, 4.69) is 0 Å². The lowest BCUT2D eigenvalue weighted by Gasteiger charge is -2.38. The molecule has 0 aromatic rings. The fraction of sp³-hybridized carbons (Fsp3) is 0.913. The largest absolute Gasteiger partial charge is 0.461 e. The van der Waals surface area contributed by atoms with Gasteiger partial charge in [0.2, 0.25) is 0 Å². The average Bonchev–Trinajstić information content (AvgIpc) is 2.71. The zero-order valence-electron chi connectivity index (χ0n) is 19.6. The smallest absolute Gasteiger partial charge is 0.311 e. The Kier molecular flexibility index (Phi) is 9.93. The SMILES string of the molecule is CC(O)C(C)[C@@H]1OC(=O)[C@H](C)[C@H](O)[C@@H](C)[C@@H](O)[C@H](C)C[C@@H](C)C(=O)[C@@H](C)[C@H](O)[C@H]1C. The van der Waals surface area contributed by atoms with Crippen LogP contribution in [0.3, 0.4) is 0 Å². The number of aliphatic hydroxyl groups is 4. The summed E-state index contributed by atoms with van der Waals surface area (Å²) in [6, 6.07) is 0. The molecule has 12 atom stereocenters. The normalized spacial score (nSPS) is 44.7. The summed E-state index contributed by atoms with van der Waals surface area (Å²) in [7, 11) is 0. The van der Waals surface area contributed by atoms with Crippen molar-refractivity contribution in [2.75, 3.05) is 0 Å². The molecule has 0 bridgehead atoms. The quantitative estimate of drug-likeness (QED) is 0.492. The predicted octanol–water partition coefficient (Wildman–Crippen LogP) is 1.79. The number of ether oxygens (including phenoxy) is 1. The highest BCUT2D eigenvalue weighted by atomic mass is 16.5. The zero-order chi connectivity index (χ0) is 23.5. The lowest BCUT2D eigenvalue weighted by atomic mass is 9.76. The average molecular weight is 431 g/mol. The van der Waals surface area contributed by atoms with Gasteiger partial charge in [-0.3, -0.25) is 9.59 Å². The van der Waals surface area contributed by atoms with Gasteiger partial charge in [-0.2, -0.15) is 0 Å². The maximum Gasteiger partial charge on any atom is 0.311 e. The van der Waals surface area contributed by atoms with E-state index < -0.39 is 66.1 Å². The number of esters is 1. The topological polar surface area (TPSA) is 124 Å². The Bertz CT molecular complexity index is 578. The van der Waals surface area contributed by atoms with Crippen LogP contribution in [-0.2, 0) is 14.3 Å². The molecule has 7 nitrogen and oxygen atoms in total. The number of ketones is 1. The van der Waals surface area contributed by atoms with Crippen molar-refractivity contribution < 1.29 is 34.8 Å². The van der Waals surface area contributed by atoms with Crippen molar-refractivity contribution >= 4 is 11.8 Å². The molecule has 2 unspecified atom stereocenters. The highest BCUT2D eigenvalue weighted by Crippen LogP contribution is 2.32. The van der Waals surface area contributed by atoms with Crippen LogP contribution >= 0.6 is 0 Å². The number of hydrogen-bond acceptors (Lipinski definition) is 7. The summed E-state index contributed by atoms with van der Waals surface area (Å²) in [5, 5.41) is 42.4. The number of aliphatic hydroxyl groups excluding tert-OH is 4. The number of carbonyl (C=O) groups is 2. The van der Waals surface area contributed by atoms with Crippen LogP contribution in [0.4, 0.5) is 0 Å². The van der Waals surface area contributed by atoms with Gasteiger partial charge in [-0.05, 0) is 26.2 Å². The van der Waals surface area contributed by atoms with Crippen molar-refractivity contribution in [3.05, 3.63) is 0 Å². The van der Waals surface area contributed by atoms with E-state index in [1.807, 2.05) is 6.92 Å². The van der Waals surface area contributed by atoms with Crippen LogP contribution in [0.15, 0.2) is 0 Å². The fourth-order valence-electron chi connectivity index (χ4n) is 4.60. The Morgan fingerprint density at radius 1 is 0.833 bits per heavy atom. The molecule has 1 aliphatic heterocycles. The predicted molar refractivity (Wildman–Crippen MR) is 113 cm³/mol. The van der Waals surface area contributed by atoms with Crippen molar-refractivity contribution in [1.29, 1.82) is 0 Å². The molecule has 176 valence electrons. The molecule has 0 aromatic heterocycles. The van der Waals surface area contributed by atoms with Crippen LogP contribution in [0, 0.1) is 41.4 Å². The summed E-state index contributed by atoms with van der Waals surface area (Å²) in [6.07, 6.45) is -4.33. The van der Waals surface area contributed by atoms with Crippen molar-refractivity contribution in [1.82, 2.24) is 0 Å². The summed E-state index contributed by atoms with van der Waals surface area (Å²) in [4.78, 5) is 25.8. The molecule has 0 spiro atoms. The molecule has 1 fully saturated rings. The lowest BCUT2D eigenvalue weighted by molar-refractivity contribution is -0.172. The van der Waals surface area contributed by atoms with E-state index in [4.69, 9.17) is 4.74 Å². The Morgan fingerprint density at radius 2 is 1.33 bits per heavy atom. The molecular weight excluding hydrogens is 388 g/mol. The molecule has 0 aromatic carbocycles. The molecule has 0 saturated carbocycles. The third kappa shape index (κ3) is 6.02. The minimum absolute atomic E-state index is 0.123. The second kappa shape index (κ2) is 11.0. The molecule has 0 aliphatic carbocycles. The Morgan fingerprint density at radius 3 is 1.83 bits per heavy atom. The van der Waals surface area contributed by atoms with Gasteiger partial charge >= 0.3 is 5.97 Å². The van der Waals surface area contributed by atoms with Gasteiger partial charge in [0.1, 0.15) is 11.9 Å². The van der Waals surface area contributed by atoms with Crippen molar-refractivity contribution in [2.45, 2.75) is 92.3 Å². The van der Waals surface area contributed by atoms with E-state index in [1.165, 1.54) is 0 Å². The van der Waals surface area contributed by atoms with Crippen LogP contribution in [0.2, 0.25) is 0 Å². The summed E-state index contributed by atoms with van der Waals surface area (Å²) in [6.45, 7) is 13.5. The second-order valence-corrected chi connectivity index (χ2v) is 9.78. The molecule has 1 aliphatic rings. The van der Waals surface area contributed by atoms with Gasteiger partial charge in [0.05, 0.1) is 30.3 Å². The van der Waals surface area contributed by atoms with E-state index in [1.54, 1.807) is 48.5 Å². The maximum atomic E-state index is 12.9. The Balaban J connectivity index is 3.37. The Labute approximate surface area is 180 Å². The zero-order valence-corrected chi connectivity index (χ0v) is 19.6. The first-order chi connectivity index (χ1) is 13.7. The summed E-state index contributed by atoms with van der Waals surface area (Å²) in [5.74, 6) is -4.70. The van der Waals surface area contributed by atoms with Crippen molar-refractivity contribution in [2.24, 2.45) is 41.4 Å². The van der Waals surface area contributed by atoms with Crippen molar-refractivity contribution in [3.8, 4) is 0 Å². The van der Waals surface area contributed by atoms with Crippen LogP contribution in [-0.4, -0.2) is 62.7 Å². The van der Waals surface area contributed by atoms with Crippen LogP contribution in [0.25, 0.3) is 0 Å². The number of rotatable bonds is 2. The highest BCUT2D eigenvalue weighted by molar-refractivity contribution is 5.83. The van der Waals surface area contributed by atoms with E-state index in [0.717, 1.165) is 0 Å². The fourth-order valence-corrected chi connectivity index (χ4v) is 4.60. The van der Waals surface area contributed by atoms with Crippen LogP contribution < -0.4 is 0 Å². The van der Waals surface area contributed by atoms with Gasteiger partial charge < -0.3 is 25.2 Å². The molecule has 0 radical (unpaired) electrons. The Hall–Kier alpha value is -1.02. The molecule has 0 amide bonds. The molecule has 7 heteroatoms. The highest BCUT2D eigenvalue weighted by Gasteiger charge is 2.42. The van der Waals surface area contributed by atoms with E-state index in [-0.39, 0.29) is 17.6 Å². The first-order valence-electron chi connectivity index (χ1n) is 11.2. The third-order valence-corrected chi connectivity index (χ3v) is 7.30. The molecule has 4 N–H and O–H groups in total. The number of hydrogen-bond donors (Lipinski definition) is 4. The monoisotopic (exact) mass is 430 g/mol. The molecule has 1 rings (SSSR count). The standard InChI is InChI=1S/C23H42O7/c1-10-9-11(2)19(26)14(5)21(28)16(7)23(29)30-22(12(3)17(8)24)15(6)20(27)13(4)18(10)25/h10-17,19-22,24,26-28H,9H2,1-8H3/t10-,11-,12?,13-,14+,15-,16-,17?,19+,20+,21-,22+/m1/s1. The first kappa shape index (κ1) is 27.0. The minimum atomic E-state index is -1.13. The van der Waals surface area contributed by atoms with Gasteiger partial charge in [-0.15, -0.1) is 0 Å². The van der Waals surface area contributed by atoms with Gasteiger partial charge in [0.15, 0.2) is 0 Å². The summed E-state index contributed by atoms with van der Waals surface area (Å²) < 4.78 is 5.69. The van der Waals surface area contributed by atoms with Crippen LogP contribution in [0.1, 0.15) is 61.8 Å². The molecule has 1 heterocycles. The number of cyclic esters (lactones) is 1. The second-order valence-electron chi connectivity index (χ2n) is 9.78. The van der Waals surface area contributed by atoms with Gasteiger partial charge in [0, 0.05) is 29.6 Å². The maximum absolute atomic E-state index is 12.9. The molecule has 30 heavy (non-hydrogen) atoms. The summed E-state index contributed by atoms with van der Waals surface area (Å²) in [5.41, 5.74) is 0. The van der Waals surface area contributed by atoms with E-state index >= 15 is 0 Å². The van der Waals surface area contributed by atoms with E-state index in [9.17, 15) is 30.0 Å². The van der Waals surface area contributed by atoms with E-state index in [0.29, 0.717) is 6.42 Å². The first-order valence-corrected chi connectivity index (χ1v) is 11.2. The lowest BCUT2D eigenvalue weighted by Crippen LogP contribution is -2.48. The minimum Gasteiger partial charge on any atom is -0.461 e. The number of Topliss-reactive ketones (excluding diaryl/α,β-unsaturated/α-hetero) is 1. The summed E-state index contributed by atoms with van der Waals surface area (Å²) >= 11 is 0. The molecular formula is C23H42O7.